The Morgan fingerprint density at radius 1 is 0.857 bits per heavy atom. The van der Waals surface area contributed by atoms with Gasteiger partial charge in [-0.1, -0.05) is 48.5 Å². The van der Waals surface area contributed by atoms with Gasteiger partial charge in [0.2, 0.25) is 0 Å². The maximum absolute atomic E-state index is 12.8. The van der Waals surface area contributed by atoms with Crippen LogP contribution in [0.5, 0.6) is 0 Å². The van der Waals surface area contributed by atoms with Crippen molar-refractivity contribution in [1.82, 2.24) is 9.88 Å². The van der Waals surface area contributed by atoms with E-state index in [0.717, 1.165) is 25.3 Å². The van der Waals surface area contributed by atoms with Gasteiger partial charge in [0, 0.05) is 38.4 Å². The van der Waals surface area contributed by atoms with Crippen LogP contribution in [-0.4, -0.2) is 42.0 Å². The molecule has 1 fully saturated rings. The number of nitrogens with one attached hydrogen (secondary N) is 1. The third kappa shape index (κ3) is 4.31. The summed E-state index contributed by atoms with van der Waals surface area (Å²) in [7, 11) is 0. The van der Waals surface area contributed by atoms with Crippen LogP contribution in [0.15, 0.2) is 79.0 Å². The summed E-state index contributed by atoms with van der Waals surface area (Å²) in [6, 6.07) is 24.3. The van der Waals surface area contributed by atoms with E-state index in [2.05, 4.69) is 39.5 Å². The van der Waals surface area contributed by atoms with Crippen molar-refractivity contribution < 1.29 is 4.79 Å². The highest BCUT2D eigenvalue weighted by Gasteiger charge is 2.22. The summed E-state index contributed by atoms with van der Waals surface area (Å²) in [6.45, 7) is 3.84. The normalized spacial score (nSPS) is 14.0. The Bertz CT molecular complexity index is 889. The number of piperazine rings is 1. The van der Waals surface area contributed by atoms with Crippen molar-refractivity contribution >= 4 is 17.3 Å². The van der Waals surface area contributed by atoms with E-state index in [1.54, 1.807) is 12.3 Å². The van der Waals surface area contributed by atoms with Crippen LogP contribution >= 0.6 is 0 Å². The zero-order valence-corrected chi connectivity index (χ0v) is 15.8. The molecule has 1 saturated heterocycles. The number of carbonyl (C=O) groups excluding carboxylic acids is 1. The maximum atomic E-state index is 12.8. The lowest BCUT2D eigenvalue weighted by atomic mass is 10.2. The minimum Gasteiger partial charge on any atom is -0.380 e. The van der Waals surface area contributed by atoms with Crippen molar-refractivity contribution in [2.24, 2.45) is 0 Å². The number of hydrogen-bond acceptors (Lipinski definition) is 4. The number of rotatable bonds is 5. The lowest BCUT2D eigenvalue weighted by molar-refractivity contribution is 0.0741. The largest absolute Gasteiger partial charge is 0.380 e. The molecule has 2 aromatic carbocycles. The molecule has 1 N–H and O–H groups in total. The maximum Gasteiger partial charge on any atom is 0.272 e. The fourth-order valence-corrected chi connectivity index (χ4v) is 3.39. The van der Waals surface area contributed by atoms with Crippen molar-refractivity contribution in [3.8, 4) is 0 Å². The monoisotopic (exact) mass is 372 g/mol. The van der Waals surface area contributed by atoms with Crippen molar-refractivity contribution in [3.63, 3.8) is 0 Å². The molecule has 0 atom stereocenters. The molecule has 4 rings (SSSR count). The summed E-state index contributed by atoms with van der Waals surface area (Å²) in [4.78, 5) is 21.3. The third-order valence-electron chi connectivity index (χ3n) is 5.01. The third-order valence-corrected chi connectivity index (χ3v) is 5.01. The molecule has 28 heavy (non-hydrogen) atoms. The molecule has 0 spiro atoms. The number of pyridine rings is 1. The molecule has 1 aliphatic heterocycles. The van der Waals surface area contributed by atoms with E-state index in [1.807, 2.05) is 47.4 Å². The van der Waals surface area contributed by atoms with Crippen LogP contribution in [0, 0.1) is 0 Å². The van der Waals surface area contributed by atoms with Crippen molar-refractivity contribution in [2.75, 3.05) is 36.4 Å². The fraction of sp³-hybridized carbons (Fsp3) is 0.217. The first-order chi connectivity index (χ1) is 13.8. The van der Waals surface area contributed by atoms with Gasteiger partial charge in [-0.3, -0.25) is 4.79 Å². The zero-order valence-electron chi connectivity index (χ0n) is 15.8. The average Bonchev–Trinajstić information content (AvgIpc) is 2.79. The summed E-state index contributed by atoms with van der Waals surface area (Å²) in [5, 5.41) is 3.34. The van der Waals surface area contributed by atoms with E-state index < -0.39 is 0 Å². The molecule has 1 amide bonds. The minimum absolute atomic E-state index is 0.00215. The van der Waals surface area contributed by atoms with E-state index in [-0.39, 0.29) is 5.91 Å². The summed E-state index contributed by atoms with van der Waals surface area (Å²) in [5.74, 6) is 0.00215. The van der Waals surface area contributed by atoms with E-state index in [4.69, 9.17) is 0 Å². The molecular formula is C23H24N4O. The number of hydrogen-bond donors (Lipinski definition) is 1. The first-order valence-electron chi connectivity index (χ1n) is 9.63. The second kappa shape index (κ2) is 8.57. The number of nitrogens with zero attached hydrogens (tertiary/aromatic N) is 3. The number of aromatic nitrogens is 1. The van der Waals surface area contributed by atoms with Crippen molar-refractivity contribution in [1.29, 1.82) is 0 Å². The van der Waals surface area contributed by atoms with Crippen LogP contribution in [0.2, 0.25) is 0 Å². The van der Waals surface area contributed by atoms with Gasteiger partial charge >= 0.3 is 0 Å². The molecule has 0 saturated carbocycles. The molecule has 0 bridgehead atoms. The van der Waals surface area contributed by atoms with E-state index in [0.29, 0.717) is 18.8 Å². The lowest BCUT2D eigenvalue weighted by Crippen LogP contribution is -2.49. The van der Waals surface area contributed by atoms with Gasteiger partial charge in [-0.05, 0) is 29.8 Å². The molecule has 1 aromatic heterocycles. The molecule has 1 aliphatic rings. The van der Waals surface area contributed by atoms with Gasteiger partial charge < -0.3 is 15.1 Å². The van der Waals surface area contributed by atoms with Gasteiger partial charge in [-0.2, -0.15) is 0 Å². The van der Waals surface area contributed by atoms with Gasteiger partial charge in [0.25, 0.3) is 5.91 Å². The van der Waals surface area contributed by atoms with E-state index >= 15 is 0 Å². The van der Waals surface area contributed by atoms with Gasteiger partial charge in [0.1, 0.15) is 5.69 Å². The van der Waals surface area contributed by atoms with Crippen LogP contribution in [0.3, 0.4) is 0 Å². The van der Waals surface area contributed by atoms with Gasteiger partial charge in [-0.15, -0.1) is 0 Å². The molecule has 0 aliphatic carbocycles. The SMILES string of the molecule is O=C(c1ccc(NCc2ccccc2)cn1)N1CCN(c2ccccc2)CC1. The number of para-hydroxylation sites is 1. The van der Waals surface area contributed by atoms with Crippen LogP contribution in [0.1, 0.15) is 16.1 Å². The van der Waals surface area contributed by atoms with Gasteiger partial charge in [0.05, 0.1) is 11.9 Å². The number of amides is 1. The molecule has 0 radical (unpaired) electrons. The lowest BCUT2D eigenvalue weighted by Gasteiger charge is -2.36. The van der Waals surface area contributed by atoms with Crippen LogP contribution in [0.25, 0.3) is 0 Å². The summed E-state index contributed by atoms with van der Waals surface area (Å²) < 4.78 is 0. The fourth-order valence-electron chi connectivity index (χ4n) is 3.39. The molecule has 2 heterocycles. The Morgan fingerprint density at radius 2 is 1.54 bits per heavy atom. The first-order valence-corrected chi connectivity index (χ1v) is 9.63. The highest BCUT2D eigenvalue weighted by atomic mass is 16.2. The van der Waals surface area contributed by atoms with Crippen LogP contribution in [-0.2, 0) is 6.54 Å². The highest BCUT2D eigenvalue weighted by Crippen LogP contribution is 2.17. The first kappa shape index (κ1) is 18.0. The summed E-state index contributed by atoms with van der Waals surface area (Å²) in [5.41, 5.74) is 3.83. The second-order valence-electron chi connectivity index (χ2n) is 6.89. The molecule has 5 heteroatoms. The predicted octanol–water partition coefficient (Wildman–Crippen LogP) is 3.66. The van der Waals surface area contributed by atoms with Gasteiger partial charge in [-0.25, -0.2) is 4.98 Å². The Hall–Kier alpha value is -3.34. The highest BCUT2D eigenvalue weighted by molar-refractivity contribution is 5.92. The van der Waals surface area contributed by atoms with Crippen molar-refractivity contribution in [2.45, 2.75) is 6.54 Å². The Kier molecular flexibility index (Phi) is 5.52. The van der Waals surface area contributed by atoms with Gasteiger partial charge in [0.15, 0.2) is 0 Å². The summed E-state index contributed by atoms with van der Waals surface area (Å²) >= 11 is 0. The Labute approximate surface area is 165 Å². The number of anilines is 2. The second-order valence-corrected chi connectivity index (χ2v) is 6.89. The predicted molar refractivity (Wildman–Crippen MR) is 113 cm³/mol. The smallest absolute Gasteiger partial charge is 0.272 e. The van der Waals surface area contributed by atoms with Crippen molar-refractivity contribution in [3.05, 3.63) is 90.3 Å². The van der Waals surface area contributed by atoms with E-state index in [1.165, 1.54) is 11.3 Å². The zero-order chi connectivity index (χ0) is 19.2. The number of benzene rings is 2. The minimum atomic E-state index is 0.00215. The average molecular weight is 372 g/mol. The summed E-state index contributed by atoms with van der Waals surface area (Å²) in [6.07, 6.45) is 1.73. The molecule has 5 nitrogen and oxygen atoms in total. The quantitative estimate of drug-likeness (QED) is 0.743. The topological polar surface area (TPSA) is 48.5 Å². The Morgan fingerprint density at radius 3 is 2.18 bits per heavy atom. The molecule has 3 aromatic rings. The Balaban J connectivity index is 1.31. The molecule has 0 unspecified atom stereocenters. The van der Waals surface area contributed by atoms with Crippen LogP contribution in [0.4, 0.5) is 11.4 Å². The van der Waals surface area contributed by atoms with Crippen LogP contribution < -0.4 is 10.2 Å². The molecule has 142 valence electrons. The van der Waals surface area contributed by atoms with E-state index in [9.17, 15) is 4.79 Å². The number of carbonyl (C=O) groups is 1. The molecular weight excluding hydrogens is 348 g/mol. The standard InChI is InChI=1S/C23H24N4O/c28-23(27-15-13-26(14-16-27)21-9-5-2-6-10-21)22-12-11-20(18-25-22)24-17-19-7-3-1-4-8-19/h1-12,18,24H,13-17H2.